The SMILES string of the molecule is CC(C)NC(=O)C1CN(Cc2nccs2)CC12CCOCC2. The van der Waals surface area contributed by atoms with E-state index in [1.165, 1.54) is 0 Å². The van der Waals surface area contributed by atoms with Crippen LogP contribution in [0.4, 0.5) is 0 Å². The first-order valence-corrected chi connectivity index (χ1v) is 8.96. The van der Waals surface area contributed by atoms with Crippen molar-refractivity contribution in [3.05, 3.63) is 16.6 Å². The average molecular weight is 323 g/mol. The molecule has 0 saturated carbocycles. The quantitative estimate of drug-likeness (QED) is 0.919. The molecule has 5 nitrogen and oxygen atoms in total. The molecule has 2 aliphatic rings. The third-order valence-electron chi connectivity index (χ3n) is 4.80. The molecule has 1 N–H and O–H groups in total. The normalized spacial score (nSPS) is 25.0. The van der Waals surface area contributed by atoms with Gasteiger partial charge in [-0.15, -0.1) is 11.3 Å². The van der Waals surface area contributed by atoms with Crippen molar-refractivity contribution in [3.63, 3.8) is 0 Å². The number of aromatic nitrogens is 1. The van der Waals surface area contributed by atoms with Gasteiger partial charge in [-0.25, -0.2) is 4.98 Å². The molecule has 3 heterocycles. The molecule has 1 spiro atoms. The predicted octanol–water partition coefficient (Wildman–Crippen LogP) is 1.90. The van der Waals surface area contributed by atoms with Crippen LogP contribution in [0.15, 0.2) is 11.6 Å². The number of amides is 1. The zero-order valence-corrected chi connectivity index (χ0v) is 14.2. The Labute approximate surface area is 136 Å². The number of carbonyl (C=O) groups excluding carboxylic acids is 1. The maximum absolute atomic E-state index is 12.7. The molecular formula is C16H25N3O2S. The van der Waals surface area contributed by atoms with E-state index in [4.69, 9.17) is 4.74 Å². The summed E-state index contributed by atoms with van der Waals surface area (Å²) in [6.07, 6.45) is 3.82. The molecule has 3 rings (SSSR count). The predicted molar refractivity (Wildman–Crippen MR) is 86.6 cm³/mol. The first-order chi connectivity index (χ1) is 10.6. The van der Waals surface area contributed by atoms with Gasteiger partial charge >= 0.3 is 0 Å². The highest BCUT2D eigenvalue weighted by Crippen LogP contribution is 2.44. The smallest absolute Gasteiger partial charge is 0.225 e. The molecule has 2 saturated heterocycles. The van der Waals surface area contributed by atoms with Crippen molar-refractivity contribution in [1.29, 1.82) is 0 Å². The van der Waals surface area contributed by atoms with Crippen LogP contribution >= 0.6 is 11.3 Å². The molecule has 0 aromatic carbocycles. The van der Waals surface area contributed by atoms with Crippen LogP contribution in [0.25, 0.3) is 0 Å². The Morgan fingerprint density at radius 2 is 2.32 bits per heavy atom. The maximum Gasteiger partial charge on any atom is 0.225 e. The Kier molecular flexibility index (Phi) is 4.80. The van der Waals surface area contributed by atoms with Gasteiger partial charge in [0.25, 0.3) is 0 Å². The number of rotatable bonds is 4. The maximum atomic E-state index is 12.7. The second-order valence-corrected chi connectivity index (χ2v) is 7.77. The molecule has 1 amide bonds. The Hall–Kier alpha value is -0.980. The van der Waals surface area contributed by atoms with Gasteiger partial charge in [0.05, 0.1) is 12.5 Å². The second kappa shape index (κ2) is 6.64. The zero-order chi connectivity index (χ0) is 15.6. The van der Waals surface area contributed by atoms with E-state index in [2.05, 4.69) is 15.2 Å². The van der Waals surface area contributed by atoms with Gasteiger partial charge < -0.3 is 10.1 Å². The van der Waals surface area contributed by atoms with Gasteiger partial charge in [0.15, 0.2) is 0 Å². The summed E-state index contributed by atoms with van der Waals surface area (Å²) in [6, 6.07) is 0.192. The average Bonchev–Trinajstić information content (AvgIpc) is 3.08. The summed E-state index contributed by atoms with van der Waals surface area (Å²) in [7, 11) is 0. The molecule has 2 fully saturated rings. The number of nitrogens with one attached hydrogen (secondary N) is 1. The van der Waals surface area contributed by atoms with Crippen molar-refractivity contribution in [2.45, 2.75) is 39.3 Å². The minimum absolute atomic E-state index is 0.0683. The van der Waals surface area contributed by atoms with Crippen LogP contribution in [0.2, 0.25) is 0 Å². The third-order valence-corrected chi connectivity index (χ3v) is 5.56. The molecular weight excluding hydrogens is 298 g/mol. The highest BCUT2D eigenvalue weighted by molar-refractivity contribution is 7.09. The summed E-state index contributed by atoms with van der Waals surface area (Å²) >= 11 is 1.69. The topological polar surface area (TPSA) is 54.5 Å². The van der Waals surface area contributed by atoms with Crippen molar-refractivity contribution in [2.75, 3.05) is 26.3 Å². The van der Waals surface area contributed by atoms with Gasteiger partial charge in [-0.1, -0.05) is 0 Å². The third kappa shape index (κ3) is 3.34. The van der Waals surface area contributed by atoms with E-state index in [0.29, 0.717) is 0 Å². The van der Waals surface area contributed by atoms with Crippen LogP contribution in [0.1, 0.15) is 31.7 Å². The van der Waals surface area contributed by atoms with Crippen LogP contribution in [-0.4, -0.2) is 48.1 Å². The van der Waals surface area contributed by atoms with Gasteiger partial charge in [-0.05, 0) is 26.7 Å². The number of likely N-dealkylation sites (tertiary alicyclic amines) is 1. The number of nitrogens with zero attached hydrogens (tertiary/aromatic N) is 2. The largest absolute Gasteiger partial charge is 0.381 e. The highest BCUT2D eigenvalue weighted by Gasteiger charge is 2.50. The Bertz CT molecular complexity index is 497. The van der Waals surface area contributed by atoms with Gasteiger partial charge in [-0.2, -0.15) is 0 Å². The summed E-state index contributed by atoms with van der Waals surface area (Å²) in [6.45, 7) is 8.26. The van der Waals surface area contributed by atoms with Crippen molar-refractivity contribution in [2.24, 2.45) is 11.3 Å². The fourth-order valence-corrected chi connectivity index (χ4v) is 4.40. The fraction of sp³-hybridized carbons (Fsp3) is 0.750. The van der Waals surface area contributed by atoms with E-state index in [-0.39, 0.29) is 23.3 Å². The lowest BCUT2D eigenvalue weighted by Crippen LogP contribution is -2.46. The molecule has 1 aromatic heterocycles. The zero-order valence-electron chi connectivity index (χ0n) is 13.4. The lowest BCUT2D eigenvalue weighted by atomic mass is 9.71. The number of thiazole rings is 1. The van der Waals surface area contributed by atoms with Gasteiger partial charge in [0.2, 0.25) is 5.91 Å². The van der Waals surface area contributed by atoms with Crippen LogP contribution in [0, 0.1) is 11.3 Å². The molecule has 1 unspecified atom stereocenters. The van der Waals surface area contributed by atoms with Crippen LogP contribution in [0.5, 0.6) is 0 Å². The van der Waals surface area contributed by atoms with E-state index in [0.717, 1.165) is 50.7 Å². The monoisotopic (exact) mass is 323 g/mol. The number of hydrogen-bond acceptors (Lipinski definition) is 5. The van der Waals surface area contributed by atoms with E-state index in [9.17, 15) is 4.79 Å². The minimum atomic E-state index is 0.0683. The molecule has 0 aliphatic carbocycles. The van der Waals surface area contributed by atoms with Crippen LogP contribution in [-0.2, 0) is 16.1 Å². The lowest BCUT2D eigenvalue weighted by molar-refractivity contribution is -0.130. The van der Waals surface area contributed by atoms with Gasteiger partial charge in [-0.3, -0.25) is 9.69 Å². The molecule has 122 valence electrons. The molecule has 0 radical (unpaired) electrons. The Balaban J connectivity index is 1.74. The summed E-state index contributed by atoms with van der Waals surface area (Å²) in [5.74, 6) is 0.275. The molecule has 0 bridgehead atoms. The number of hydrogen-bond donors (Lipinski definition) is 1. The van der Waals surface area contributed by atoms with E-state index in [1.54, 1.807) is 11.3 Å². The number of carbonyl (C=O) groups is 1. The van der Waals surface area contributed by atoms with E-state index < -0.39 is 0 Å². The first-order valence-electron chi connectivity index (χ1n) is 8.08. The summed E-state index contributed by atoms with van der Waals surface area (Å²) in [5.41, 5.74) is 0.0779. The Morgan fingerprint density at radius 3 is 2.95 bits per heavy atom. The van der Waals surface area contributed by atoms with E-state index in [1.807, 2.05) is 25.4 Å². The van der Waals surface area contributed by atoms with Gasteiger partial charge in [0, 0.05) is 49.3 Å². The van der Waals surface area contributed by atoms with Gasteiger partial charge in [0.1, 0.15) is 5.01 Å². The summed E-state index contributed by atoms with van der Waals surface area (Å²) < 4.78 is 5.55. The summed E-state index contributed by atoms with van der Waals surface area (Å²) in [5, 5.41) is 6.26. The van der Waals surface area contributed by atoms with Crippen LogP contribution < -0.4 is 5.32 Å². The van der Waals surface area contributed by atoms with E-state index >= 15 is 0 Å². The van der Waals surface area contributed by atoms with Crippen LogP contribution in [0.3, 0.4) is 0 Å². The summed E-state index contributed by atoms with van der Waals surface area (Å²) in [4.78, 5) is 19.5. The number of ether oxygens (including phenoxy) is 1. The molecule has 22 heavy (non-hydrogen) atoms. The van der Waals surface area contributed by atoms with Crippen molar-refractivity contribution in [3.8, 4) is 0 Å². The first kappa shape index (κ1) is 15.9. The van der Waals surface area contributed by atoms with Crippen molar-refractivity contribution in [1.82, 2.24) is 15.2 Å². The molecule has 2 aliphatic heterocycles. The fourth-order valence-electron chi connectivity index (χ4n) is 3.75. The minimum Gasteiger partial charge on any atom is -0.381 e. The highest BCUT2D eigenvalue weighted by atomic mass is 32.1. The second-order valence-electron chi connectivity index (χ2n) is 6.79. The molecule has 6 heteroatoms. The molecule has 1 aromatic rings. The lowest BCUT2D eigenvalue weighted by Gasteiger charge is -2.37. The standard InChI is InChI=1S/C16H25N3O2S/c1-12(2)18-15(20)13-9-19(10-14-17-5-8-22-14)11-16(13)3-6-21-7-4-16/h5,8,12-13H,3-4,6-7,9-11H2,1-2H3,(H,18,20). The molecule has 1 atom stereocenters. The van der Waals surface area contributed by atoms with Crippen molar-refractivity contribution < 1.29 is 9.53 Å². The Morgan fingerprint density at radius 1 is 1.55 bits per heavy atom. The van der Waals surface area contributed by atoms with Crippen molar-refractivity contribution >= 4 is 17.2 Å².